The summed E-state index contributed by atoms with van der Waals surface area (Å²) in [4.78, 5) is 0. The second-order valence-corrected chi connectivity index (χ2v) is 4.47. The first-order valence-electron chi connectivity index (χ1n) is 5.90. The van der Waals surface area contributed by atoms with Crippen molar-refractivity contribution >= 4 is 0 Å². The standard InChI is InChI=1S/C12H21NO/c1-13-11(9-10-5-4-6-10)12-7-2-3-8-14-12/h7,10-11,13H,2-6,8-9H2,1H3. The first-order valence-corrected chi connectivity index (χ1v) is 5.90. The van der Waals surface area contributed by atoms with Crippen LogP contribution in [-0.2, 0) is 4.74 Å². The van der Waals surface area contributed by atoms with E-state index in [9.17, 15) is 0 Å². The highest BCUT2D eigenvalue weighted by Gasteiger charge is 2.24. The van der Waals surface area contributed by atoms with Crippen LogP contribution in [0.2, 0.25) is 0 Å². The lowest BCUT2D eigenvalue weighted by Crippen LogP contribution is -2.33. The van der Waals surface area contributed by atoms with Gasteiger partial charge >= 0.3 is 0 Å². The van der Waals surface area contributed by atoms with E-state index in [0.29, 0.717) is 6.04 Å². The molecule has 1 fully saturated rings. The van der Waals surface area contributed by atoms with E-state index in [1.165, 1.54) is 44.3 Å². The van der Waals surface area contributed by atoms with Gasteiger partial charge in [0.1, 0.15) is 5.76 Å². The fraction of sp³-hybridized carbons (Fsp3) is 0.833. The number of likely N-dealkylation sites (N-methyl/N-ethyl adjacent to an activating group) is 1. The Bertz CT molecular complexity index is 208. The minimum atomic E-state index is 0.473. The second-order valence-electron chi connectivity index (χ2n) is 4.47. The summed E-state index contributed by atoms with van der Waals surface area (Å²) in [5.41, 5.74) is 0. The predicted octanol–water partition coefficient (Wildman–Crippen LogP) is 2.46. The molecule has 0 radical (unpaired) electrons. The number of ether oxygens (including phenoxy) is 1. The molecular formula is C12H21NO. The Morgan fingerprint density at radius 1 is 1.50 bits per heavy atom. The van der Waals surface area contributed by atoms with E-state index in [2.05, 4.69) is 11.4 Å². The van der Waals surface area contributed by atoms with Crippen molar-refractivity contribution in [3.8, 4) is 0 Å². The first kappa shape index (κ1) is 10.0. The third-order valence-corrected chi connectivity index (χ3v) is 3.45. The fourth-order valence-corrected chi connectivity index (χ4v) is 2.26. The molecule has 0 aromatic carbocycles. The van der Waals surface area contributed by atoms with Crippen LogP contribution in [0.1, 0.15) is 38.5 Å². The number of rotatable bonds is 4. The van der Waals surface area contributed by atoms with Crippen molar-refractivity contribution in [3.05, 3.63) is 11.8 Å². The summed E-state index contributed by atoms with van der Waals surface area (Å²) in [6.07, 6.45) is 10.2. The molecule has 0 amide bonds. The molecule has 14 heavy (non-hydrogen) atoms. The van der Waals surface area contributed by atoms with Gasteiger partial charge in [0.25, 0.3) is 0 Å². The number of hydrogen-bond acceptors (Lipinski definition) is 2. The summed E-state index contributed by atoms with van der Waals surface area (Å²) in [5.74, 6) is 2.14. The molecule has 0 saturated heterocycles. The van der Waals surface area contributed by atoms with Crippen LogP contribution < -0.4 is 5.32 Å². The third kappa shape index (κ3) is 2.30. The predicted molar refractivity (Wildman–Crippen MR) is 58.1 cm³/mol. The lowest BCUT2D eigenvalue weighted by molar-refractivity contribution is 0.153. The summed E-state index contributed by atoms with van der Waals surface area (Å²) in [7, 11) is 2.04. The summed E-state index contributed by atoms with van der Waals surface area (Å²) >= 11 is 0. The minimum Gasteiger partial charge on any atom is -0.497 e. The number of allylic oxidation sites excluding steroid dienone is 1. The molecule has 80 valence electrons. The maximum absolute atomic E-state index is 5.70. The molecule has 1 atom stereocenters. The molecule has 1 heterocycles. The largest absolute Gasteiger partial charge is 0.497 e. The molecule has 2 rings (SSSR count). The SMILES string of the molecule is CNC(CC1CCC1)C1=CCCCO1. The van der Waals surface area contributed by atoms with Gasteiger partial charge in [-0.3, -0.25) is 0 Å². The van der Waals surface area contributed by atoms with Crippen LogP contribution in [0.15, 0.2) is 11.8 Å². The monoisotopic (exact) mass is 195 g/mol. The lowest BCUT2D eigenvalue weighted by Gasteiger charge is -2.31. The molecule has 0 bridgehead atoms. The van der Waals surface area contributed by atoms with E-state index < -0.39 is 0 Å². The second kappa shape index (κ2) is 4.83. The molecule has 1 N–H and O–H groups in total. The molecule has 1 unspecified atom stereocenters. The van der Waals surface area contributed by atoms with Gasteiger partial charge in [-0.15, -0.1) is 0 Å². The molecule has 0 aromatic heterocycles. The van der Waals surface area contributed by atoms with Gasteiger partial charge in [-0.2, -0.15) is 0 Å². The molecule has 1 saturated carbocycles. The molecule has 0 aromatic rings. The first-order chi connectivity index (χ1) is 6.90. The minimum absolute atomic E-state index is 0.473. The van der Waals surface area contributed by atoms with Gasteiger partial charge < -0.3 is 10.1 Å². The van der Waals surface area contributed by atoms with Crippen LogP contribution in [-0.4, -0.2) is 19.7 Å². The van der Waals surface area contributed by atoms with Crippen LogP contribution in [0.4, 0.5) is 0 Å². The Balaban J connectivity index is 1.86. The summed E-state index contributed by atoms with van der Waals surface area (Å²) in [6.45, 7) is 0.911. The van der Waals surface area contributed by atoms with Gasteiger partial charge in [0.2, 0.25) is 0 Å². The van der Waals surface area contributed by atoms with Crippen molar-refractivity contribution in [2.24, 2.45) is 5.92 Å². The highest BCUT2D eigenvalue weighted by molar-refractivity contribution is 5.06. The van der Waals surface area contributed by atoms with Crippen LogP contribution in [0.5, 0.6) is 0 Å². The molecule has 0 spiro atoms. The lowest BCUT2D eigenvalue weighted by atomic mass is 9.80. The Morgan fingerprint density at radius 2 is 2.36 bits per heavy atom. The Kier molecular flexibility index (Phi) is 3.46. The van der Waals surface area contributed by atoms with E-state index in [-0.39, 0.29) is 0 Å². The molecule has 1 aliphatic carbocycles. The third-order valence-electron chi connectivity index (χ3n) is 3.45. The zero-order valence-corrected chi connectivity index (χ0v) is 9.09. The highest BCUT2D eigenvalue weighted by atomic mass is 16.5. The molecule has 2 aliphatic rings. The van der Waals surface area contributed by atoms with Gasteiger partial charge in [-0.1, -0.05) is 19.3 Å². The van der Waals surface area contributed by atoms with Gasteiger partial charge in [-0.05, 0) is 38.3 Å². The van der Waals surface area contributed by atoms with Gasteiger partial charge in [0, 0.05) is 0 Å². The summed E-state index contributed by atoms with van der Waals surface area (Å²) in [5, 5.41) is 3.38. The van der Waals surface area contributed by atoms with Gasteiger partial charge in [-0.25, -0.2) is 0 Å². The Hall–Kier alpha value is -0.500. The molecular weight excluding hydrogens is 174 g/mol. The maximum Gasteiger partial charge on any atom is 0.109 e. The van der Waals surface area contributed by atoms with E-state index >= 15 is 0 Å². The summed E-state index contributed by atoms with van der Waals surface area (Å²) < 4.78 is 5.70. The smallest absolute Gasteiger partial charge is 0.109 e. The topological polar surface area (TPSA) is 21.3 Å². The average molecular weight is 195 g/mol. The van der Waals surface area contributed by atoms with Gasteiger partial charge in [0.15, 0.2) is 0 Å². The Labute approximate surface area is 86.7 Å². The van der Waals surface area contributed by atoms with Crippen LogP contribution >= 0.6 is 0 Å². The number of nitrogens with one attached hydrogen (secondary N) is 1. The number of hydrogen-bond donors (Lipinski definition) is 1. The zero-order chi connectivity index (χ0) is 9.80. The zero-order valence-electron chi connectivity index (χ0n) is 9.09. The van der Waals surface area contributed by atoms with Crippen LogP contribution in [0.3, 0.4) is 0 Å². The average Bonchev–Trinajstić information content (AvgIpc) is 2.18. The van der Waals surface area contributed by atoms with E-state index in [1.54, 1.807) is 0 Å². The quantitative estimate of drug-likeness (QED) is 0.744. The molecule has 2 nitrogen and oxygen atoms in total. The van der Waals surface area contributed by atoms with Gasteiger partial charge in [0.05, 0.1) is 12.6 Å². The van der Waals surface area contributed by atoms with Crippen molar-refractivity contribution < 1.29 is 4.74 Å². The van der Waals surface area contributed by atoms with E-state index in [4.69, 9.17) is 4.74 Å². The van der Waals surface area contributed by atoms with Crippen LogP contribution in [0, 0.1) is 5.92 Å². The maximum atomic E-state index is 5.70. The van der Waals surface area contributed by atoms with Crippen LogP contribution in [0.25, 0.3) is 0 Å². The van der Waals surface area contributed by atoms with E-state index in [1.807, 2.05) is 7.05 Å². The highest BCUT2D eigenvalue weighted by Crippen LogP contribution is 2.32. The van der Waals surface area contributed by atoms with Crippen molar-refractivity contribution in [1.82, 2.24) is 5.32 Å². The van der Waals surface area contributed by atoms with Crippen molar-refractivity contribution in [1.29, 1.82) is 0 Å². The van der Waals surface area contributed by atoms with Crippen molar-refractivity contribution in [2.75, 3.05) is 13.7 Å². The molecule has 1 aliphatic heterocycles. The molecule has 2 heteroatoms. The van der Waals surface area contributed by atoms with E-state index in [0.717, 1.165) is 12.5 Å². The normalized spacial score (nSPS) is 24.8. The fourth-order valence-electron chi connectivity index (χ4n) is 2.26. The van der Waals surface area contributed by atoms with Crippen molar-refractivity contribution in [2.45, 2.75) is 44.6 Å². The summed E-state index contributed by atoms with van der Waals surface area (Å²) in [6, 6.07) is 0.473. The van der Waals surface area contributed by atoms with Crippen molar-refractivity contribution in [3.63, 3.8) is 0 Å². The Morgan fingerprint density at radius 3 is 2.86 bits per heavy atom.